The van der Waals surface area contributed by atoms with E-state index in [0.717, 1.165) is 5.56 Å². The third kappa shape index (κ3) is 2.88. The van der Waals surface area contributed by atoms with Crippen molar-refractivity contribution in [3.8, 4) is 11.6 Å². The van der Waals surface area contributed by atoms with Gasteiger partial charge in [0.15, 0.2) is 10.4 Å². The first-order valence-electron chi connectivity index (χ1n) is 5.53. The van der Waals surface area contributed by atoms with Crippen LogP contribution in [0.3, 0.4) is 0 Å². The molecule has 6 heteroatoms. The number of hydrogen-bond donors (Lipinski definition) is 0. The summed E-state index contributed by atoms with van der Waals surface area (Å²) in [6.45, 7) is 0. The molecule has 0 amide bonds. The summed E-state index contributed by atoms with van der Waals surface area (Å²) in [5.41, 5.74) is 1.06. The fourth-order valence-electron chi connectivity index (χ4n) is 1.64. The first kappa shape index (κ1) is 12.4. The van der Waals surface area contributed by atoms with E-state index in [1.54, 1.807) is 12.1 Å². The summed E-state index contributed by atoms with van der Waals surface area (Å²) in [6.07, 6.45) is 0.562. The molecule has 0 spiro atoms. The van der Waals surface area contributed by atoms with Gasteiger partial charge in [-0.15, -0.1) is 0 Å². The van der Waals surface area contributed by atoms with Gasteiger partial charge in [-0.05, 0) is 45.8 Å². The average molecular weight is 340 g/mol. The van der Waals surface area contributed by atoms with Gasteiger partial charge in [0.05, 0.1) is 6.42 Å². The zero-order valence-corrected chi connectivity index (χ0v) is 12.0. The highest BCUT2D eigenvalue weighted by molar-refractivity contribution is 9.10. The fraction of sp³-hybridized carbons (Fsp3) is 0.0769. The zero-order chi connectivity index (χ0) is 13.2. The van der Waals surface area contributed by atoms with Crippen LogP contribution in [-0.2, 0) is 6.42 Å². The van der Waals surface area contributed by atoms with Gasteiger partial charge in [-0.2, -0.15) is 4.98 Å². The molecule has 96 valence electrons. The fourth-order valence-corrected chi connectivity index (χ4v) is 2.07. The van der Waals surface area contributed by atoms with E-state index in [9.17, 15) is 0 Å². The number of furan rings is 1. The summed E-state index contributed by atoms with van der Waals surface area (Å²) in [5, 5.41) is 4.59. The number of hydrogen-bond acceptors (Lipinski definition) is 4. The Morgan fingerprint density at radius 3 is 2.58 bits per heavy atom. The van der Waals surface area contributed by atoms with Gasteiger partial charge >= 0.3 is 0 Å². The second-order valence-corrected chi connectivity index (χ2v) is 5.14. The van der Waals surface area contributed by atoms with Crippen LogP contribution in [-0.4, -0.2) is 10.1 Å². The molecule has 1 aromatic carbocycles. The second kappa shape index (κ2) is 5.19. The smallest absolute Gasteiger partial charge is 0.238 e. The Kier molecular flexibility index (Phi) is 3.40. The molecule has 19 heavy (non-hydrogen) atoms. The summed E-state index contributed by atoms with van der Waals surface area (Å²) in [6, 6.07) is 11.1. The molecular weight excluding hydrogens is 332 g/mol. The van der Waals surface area contributed by atoms with E-state index in [0.29, 0.717) is 33.6 Å². The van der Waals surface area contributed by atoms with Crippen molar-refractivity contribution in [2.75, 3.05) is 0 Å². The Hall–Kier alpha value is -1.59. The van der Waals surface area contributed by atoms with Crippen molar-refractivity contribution in [1.29, 1.82) is 0 Å². The molecule has 0 aliphatic rings. The van der Waals surface area contributed by atoms with E-state index in [-0.39, 0.29) is 0 Å². The Morgan fingerprint density at radius 2 is 1.89 bits per heavy atom. The molecule has 2 heterocycles. The van der Waals surface area contributed by atoms with Crippen LogP contribution >= 0.6 is 27.5 Å². The van der Waals surface area contributed by atoms with Crippen molar-refractivity contribution in [1.82, 2.24) is 10.1 Å². The molecule has 2 aromatic heterocycles. The van der Waals surface area contributed by atoms with E-state index in [2.05, 4.69) is 26.1 Å². The number of aromatic nitrogens is 2. The van der Waals surface area contributed by atoms with Crippen LogP contribution < -0.4 is 0 Å². The highest BCUT2D eigenvalue weighted by Gasteiger charge is 2.12. The first-order valence-corrected chi connectivity index (χ1v) is 6.70. The minimum atomic E-state index is 0.440. The van der Waals surface area contributed by atoms with E-state index in [1.807, 2.05) is 24.3 Å². The highest BCUT2D eigenvalue weighted by atomic mass is 79.9. The topological polar surface area (TPSA) is 52.1 Å². The lowest BCUT2D eigenvalue weighted by Gasteiger charge is -1.95. The van der Waals surface area contributed by atoms with Gasteiger partial charge in [-0.3, -0.25) is 0 Å². The van der Waals surface area contributed by atoms with Crippen LogP contribution in [0.15, 0.2) is 50.0 Å². The SMILES string of the molecule is Clc1ccc(Cc2nc(-c3ccc(Br)o3)no2)cc1. The number of nitrogens with zero attached hydrogens (tertiary/aromatic N) is 2. The standard InChI is InChI=1S/C13H8BrClN2O2/c14-11-6-5-10(18-11)13-16-12(19-17-13)7-8-1-3-9(15)4-2-8/h1-6H,7H2. The van der Waals surface area contributed by atoms with Gasteiger partial charge in [0.25, 0.3) is 0 Å². The minimum absolute atomic E-state index is 0.440. The molecule has 0 saturated heterocycles. The molecule has 3 rings (SSSR count). The number of halogens is 2. The molecule has 0 atom stereocenters. The van der Waals surface area contributed by atoms with Crippen molar-refractivity contribution in [2.45, 2.75) is 6.42 Å². The van der Waals surface area contributed by atoms with Crippen molar-refractivity contribution >= 4 is 27.5 Å². The lowest BCUT2D eigenvalue weighted by atomic mass is 10.1. The maximum Gasteiger partial charge on any atom is 0.238 e. The van der Waals surface area contributed by atoms with Crippen LogP contribution in [0.25, 0.3) is 11.6 Å². The molecule has 3 aromatic rings. The highest BCUT2D eigenvalue weighted by Crippen LogP contribution is 2.23. The van der Waals surface area contributed by atoms with Crippen molar-refractivity contribution in [3.05, 3.63) is 57.5 Å². The molecule has 0 saturated carbocycles. The van der Waals surface area contributed by atoms with Gasteiger partial charge in [0.2, 0.25) is 11.7 Å². The van der Waals surface area contributed by atoms with Gasteiger partial charge in [-0.1, -0.05) is 28.9 Å². The van der Waals surface area contributed by atoms with Crippen LogP contribution in [0.1, 0.15) is 11.5 Å². The molecule has 0 aliphatic carbocycles. The monoisotopic (exact) mass is 338 g/mol. The normalized spacial score (nSPS) is 10.8. The summed E-state index contributed by atoms with van der Waals surface area (Å²) < 4.78 is 11.2. The van der Waals surface area contributed by atoms with Crippen LogP contribution in [0.5, 0.6) is 0 Å². The van der Waals surface area contributed by atoms with Crippen molar-refractivity contribution < 1.29 is 8.94 Å². The molecule has 0 aliphatic heterocycles. The third-order valence-electron chi connectivity index (χ3n) is 2.53. The molecule has 0 N–H and O–H groups in total. The average Bonchev–Trinajstić information content (AvgIpc) is 3.01. The van der Waals surface area contributed by atoms with Crippen molar-refractivity contribution in [3.63, 3.8) is 0 Å². The van der Waals surface area contributed by atoms with E-state index < -0.39 is 0 Å². The molecule has 0 radical (unpaired) electrons. The summed E-state index contributed by atoms with van der Waals surface area (Å²) in [5.74, 6) is 1.54. The predicted octanol–water partition coefficient (Wildman–Crippen LogP) is 4.34. The summed E-state index contributed by atoms with van der Waals surface area (Å²) >= 11 is 9.06. The van der Waals surface area contributed by atoms with Gasteiger partial charge in [0, 0.05) is 5.02 Å². The lowest BCUT2D eigenvalue weighted by Crippen LogP contribution is -1.87. The van der Waals surface area contributed by atoms with Gasteiger partial charge < -0.3 is 8.94 Å². The molecule has 0 fully saturated rings. The van der Waals surface area contributed by atoms with E-state index >= 15 is 0 Å². The third-order valence-corrected chi connectivity index (χ3v) is 3.21. The largest absolute Gasteiger partial charge is 0.446 e. The van der Waals surface area contributed by atoms with E-state index in [4.69, 9.17) is 20.5 Å². The Bertz CT molecular complexity index is 691. The molecular formula is C13H8BrClN2O2. The quantitative estimate of drug-likeness (QED) is 0.712. The minimum Gasteiger partial charge on any atom is -0.446 e. The number of rotatable bonds is 3. The van der Waals surface area contributed by atoms with Crippen LogP contribution in [0.2, 0.25) is 5.02 Å². The van der Waals surface area contributed by atoms with Crippen molar-refractivity contribution in [2.24, 2.45) is 0 Å². The predicted molar refractivity (Wildman–Crippen MR) is 74.0 cm³/mol. The summed E-state index contributed by atoms with van der Waals surface area (Å²) in [7, 11) is 0. The lowest BCUT2D eigenvalue weighted by molar-refractivity contribution is 0.384. The molecule has 0 bridgehead atoms. The maximum absolute atomic E-state index is 5.83. The van der Waals surface area contributed by atoms with Crippen LogP contribution in [0.4, 0.5) is 0 Å². The Morgan fingerprint density at radius 1 is 1.11 bits per heavy atom. The first-order chi connectivity index (χ1) is 9.20. The summed E-state index contributed by atoms with van der Waals surface area (Å²) in [4.78, 5) is 4.29. The Labute approximate surface area is 122 Å². The van der Waals surface area contributed by atoms with Gasteiger partial charge in [-0.25, -0.2) is 0 Å². The Balaban J connectivity index is 1.80. The second-order valence-electron chi connectivity index (χ2n) is 3.92. The maximum atomic E-state index is 5.83. The van der Waals surface area contributed by atoms with E-state index in [1.165, 1.54) is 0 Å². The molecule has 0 unspecified atom stereocenters. The number of benzene rings is 1. The zero-order valence-electron chi connectivity index (χ0n) is 9.64. The molecule has 4 nitrogen and oxygen atoms in total. The van der Waals surface area contributed by atoms with Crippen LogP contribution in [0, 0.1) is 0 Å². The van der Waals surface area contributed by atoms with Gasteiger partial charge in [0.1, 0.15) is 0 Å².